The second-order valence-corrected chi connectivity index (χ2v) is 3.87. The molecule has 0 aliphatic rings. The predicted molar refractivity (Wildman–Crippen MR) is 78.8 cm³/mol. The van der Waals surface area contributed by atoms with Crippen LogP contribution in [0.3, 0.4) is 0 Å². The van der Waals surface area contributed by atoms with Crippen molar-refractivity contribution in [3.63, 3.8) is 0 Å². The first kappa shape index (κ1) is 13.6. The van der Waals surface area contributed by atoms with Gasteiger partial charge in [-0.3, -0.25) is 4.79 Å². The molecule has 0 amide bonds. The van der Waals surface area contributed by atoms with Gasteiger partial charge in [-0.05, 0) is 48.6 Å². The van der Waals surface area contributed by atoms with E-state index in [0.717, 1.165) is 11.5 Å². The molecule has 0 fully saturated rings. The molecule has 0 saturated heterocycles. The number of rotatable bonds is 6. The summed E-state index contributed by atoms with van der Waals surface area (Å²) in [6.07, 6.45) is 16.6. The second kappa shape index (κ2) is 7.59. The van der Waals surface area contributed by atoms with Gasteiger partial charge in [0.1, 0.15) is 11.5 Å². The highest BCUT2D eigenvalue weighted by molar-refractivity contribution is 5.99. The van der Waals surface area contributed by atoms with Crippen LogP contribution in [0, 0.1) is 0 Å². The highest BCUT2D eigenvalue weighted by Gasteiger charge is 1.87. The first-order valence-electron chi connectivity index (χ1n) is 6.15. The first-order valence-corrected chi connectivity index (χ1v) is 6.15. The molecular weight excluding hydrogens is 252 g/mol. The van der Waals surface area contributed by atoms with Crippen LogP contribution in [0.25, 0.3) is 12.2 Å². The van der Waals surface area contributed by atoms with Crippen LogP contribution in [0.5, 0.6) is 0 Å². The van der Waals surface area contributed by atoms with Gasteiger partial charge < -0.3 is 8.83 Å². The molecule has 20 heavy (non-hydrogen) atoms. The zero-order valence-corrected chi connectivity index (χ0v) is 10.8. The van der Waals surface area contributed by atoms with Gasteiger partial charge in [0.05, 0.1) is 12.5 Å². The van der Waals surface area contributed by atoms with E-state index < -0.39 is 0 Å². The van der Waals surface area contributed by atoms with Gasteiger partial charge >= 0.3 is 0 Å². The molecule has 0 aliphatic heterocycles. The number of ketones is 1. The van der Waals surface area contributed by atoms with Gasteiger partial charge in [0, 0.05) is 0 Å². The third-order valence-corrected chi connectivity index (χ3v) is 2.35. The Morgan fingerprint density at radius 3 is 1.70 bits per heavy atom. The van der Waals surface area contributed by atoms with E-state index in [4.69, 9.17) is 8.83 Å². The van der Waals surface area contributed by atoms with Crippen LogP contribution < -0.4 is 0 Å². The van der Waals surface area contributed by atoms with Crippen molar-refractivity contribution in [2.45, 2.75) is 0 Å². The highest BCUT2D eigenvalue weighted by atomic mass is 16.3. The molecule has 100 valence electrons. The summed E-state index contributed by atoms with van der Waals surface area (Å²) in [6.45, 7) is 0. The van der Waals surface area contributed by atoms with Gasteiger partial charge in [-0.2, -0.15) is 0 Å². The van der Waals surface area contributed by atoms with Crippen molar-refractivity contribution < 1.29 is 13.6 Å². The number of carbonyl (C=O) groups excluding carboxylic acids is 1. The summed E-state index contributed by atoms with van der Waals surface area (Å²) in [7, 11) is 0. The molecule has 0 aliphatic carbocycles. The van der Waals surface area contributed by atoms with E-state index in [0.29, 0.717) is 0 Å². The fourth-order valence-corrected chi connectivity index (χ4v) is 1.43. The Labute approximate surface area is 117 Å². The van der Waals surface area contributed by atoms with Crippen molar-refractivity contribution in [1.29, 1.82) is 0 Å². The van der Waals surface area contributed by atoms with E-state index in [9.17, 15) is 4.79 Å². The van der Waals surface area contributed by atoms with Crippen LogP contribution in [-0.2, 0) is 4.79 Å². The zero-order valence-electron chi connectivity index (χ0n) is 10.8. The second-order valence-electron chi connectivity index (χ2n) is 3.87. The van der Waals surface area contributed by atoms with Gasteiger partial charge in [0.15, 0.2) is 5.78 Å². The molecule has 2 aromatic heterocycles. The molecule has 0 saturated carbocycles. The van der Waals surface area contributed by atoms with Crippen molar-refractivity contribution in [3.8, 4) is 0 Å². The Bertz CT molecular complexity index is 568. The average molecular weight is 266 g/mol. The van der Waals surface area contributed by atoms with Crippen LogP contribution in [0.1, 0.15) is 11.5 Å². The summed E-state index contributed by atoms with van der Waals surface area (Å²) in [6, 6.07) is 7.29. The zero-order chi connectivity index (χ0) is 14.0. The minimum absolute atomic E-state index is 0.0850. The fourth-order valence-electron chi connectivity index (χ4n) is 1.43. The Kier molecular flexibility index (Phi) is 5.17. The molecule has 2 rings (SSSR count). The molecule has 0 unspecified atom stereocenters. The number of furan rings is 2. The van der Waals surface area contributed by atoms with E-state index in [2.05, 4.69) is 0 Å². The quantitative estimate of drug-likeness (QED) is 0.579. The lowest BCUT2D eigenvalue weighted by Gasteiger charge is -1.82. The van der Waals surface area contributed by atoms with Crippen molar-refractivity contribution in [2.24, 2.45) is 0 Å². The SMILES string of the molecule is O=C(/C=C/C=C/c1ccco1)/C=C/C=C/c1ccco1. The van der Waals surface area contributed by atoms with E-state index in [-0.39, 0.29) is 5.78 Å². The van der Waals surface area contributed by atoms with E-state index in [1.807, 2.05) is 24.3 Å². The smallest absolute Gasteiger partial charge is 0.178 e. The average Bonchev–Trinajstić information content (AvgIpc) is 3.13. The van der Waals surface area contributed by atoms with Gasteiger partial charge in [0.2, 0.25) is 0 Å². The summed E-state index contributed by atoms with van der Waals surface area (Å²) < 4.78 is 10.2. The van der Waals surface area contributed by atoms with Crippen molar-refractivity contribution in [2.75, 3.05) is 0 Å². The number of carbonyl (C=O) groups is 1. The summed E-state index contributed by atoms with van der Waals surface area (Å²) in [5.41, 5.74) is 0. The minimum Gasteiger partial charge on any atom is -0.465 e. The summed E-state index contributed by atoms with van der Waals surface area (Å²) in [5.74, 6) is 1.41. The molecule has 2 heterocycles. The number of hydrogen-bond acceptors (Lipinski definition) is 3. The van der Waals surface area contributed by atoms with Crippen molar-refractivity contribution in [3.05, 3.63) is 84.8 Å². The molecule has 0 N–H and O–H groups in total. The van der Waals surface area contributed by atoms with Crippen LogP contribution in [0.15, 0.2) is 82.1 Å². The molecule has 0 bridgehead atoms. The van der Waals surface area contributed by atoms with E-state index in [1.165, 1.54) is 12.2 Å². The topological polar surface area (TPSA) is 43.4 Å². The molecule has 3 nitrogen and oxygen atoms in total. The monoisotopic (exact) mass is 266 g/mol. The van der Waals surface area contributed by atoms with Crippen LogP contribution in [0.2, 0.25) is 0 Å². The molecule has 2 aromatic rings. The van der Waals surface area contributed by atoms with Gasteiger partial charge in [0.25, 0.3) is 0 Å². The Hall–Kier alpha value is -2.81. The van der Waals surface area contributed by atoms with E-state index in [1.54, 1.807) is 49.0 Å². The fraction of sp³-hybridized carbons (Fsp3) is 0. The maximum Gasteiger partial charge on any atom is 0.178 e. The number of hydrogen-bond donors (Lipinski definition) is 0. The molecule has 0 spiro atoms. The molecule has 0 aromatic carbocycles. The standard InChI is InChI=1S/C17H14O3/c18-15(7-1-3-9-16-11-5-13-19-16)8-2-4-10-17-12-6-14-20-17/h1-14H/b7-1+,8-2+,9-3+,10-4+. The summed E-state index contributed by atoms with van der Waals surface area (Å²) in [5, 5.41) is 0. The maximum atomic E-state index is 11.5. The maximum absolute atomic E-state index is 11.5. The number of allylic oxidation sites excluding steroid dienone is 6. The Balaban J connectivity index is 1.77. The van der Waals surface area contributed by atoms with Crippen molar-refractivity contribution >= 4 is 17.9 Å². The normalized spacial score (nSPS) is 12.4. The lowest BCUT2D eigenvalue weighted by molar-refractivity contribution is -0.110. The Morgan fingerprint density at radius 2 is 1.30 bits per heavy atom. The minimum atomic E-state index is -0.0850. The largest absolute Gasteiger partial charge is 0.465 e. The van der Waals surface area contributed by atoms with Crippen LogP contribution in [-0.4, -0.2) is 5.78 Å². The lowest BCUT2D eigenvalue weighted by Crippen LogP contribution is -1.82. The van der Waals surface area contributed by atoms with Gasteiger partial charge in [-0.25, -0.2) is 0 Å². The third-order valence-electron chi connectivity index (χ3n) is 2.35. The van der Waals surface area contributed by atoms with E-state index >= 15 is 0 Å². The highest BCUT2D eigenvalue weighted by Crippen LogP contribution is 2.03. The van der Waals surface area contributed by atoms with Crippen LogP contribution >= 0.6 is 0 Å². The molecular formula is C17H14O3. The van der Waals surface area contributed by atoms with Gasteiger partial charge in [-0.1, -0.05) is 24.3 Å². The molecule has 0 radical (unpaired) electrons. The predicted octanol–water partition coefficient (Wildman–Crippen LogP) is 4.28. The third kappa shape index (κ3) is 4.82. The first-order chi connectivity index (χ1) is 9.84. The summed E-state index contributed by atoms with van der Waals surface area (Å²) >= 11 is 0. The van der Waals surface area contributed by atoms with Gasteiger partial charge in [-0.15, -0.1) is 0 Å². The molecule has 0 atom stereocenters. The lowest BCUT2D eigenvalue weighted by atomic mass is 10.3. The Morgan fingerprint density at radius 1 is 0.800 bits per heavy atom. The summed E-state index contributed by atoms with van der Waals surface area (Å²) in [4.78, 5) is 11.5. The van der Waals surface area contributed by atoms with Crippen molar-refractivity contribution in [1.82, 2.24) is 0 Å². The molecule has 3 heteroatoms. The van der Waals surface area contributed by atoms with Crippen LogP contribution in [0.4, 0.5) is 0 Å².